The molecule has 0 saturated heterocycles. The van der Waals surface area contributed by atoms with Gasteiger partial charge in [-0.05, 0) is 6.92 Å². The van der Waals surface area contributed by atoms with Gasteiger partial charge < -0.3 is 9.84 Å². The van der Waals surface area contributed by atoms with Gasteiger partial charge in [0.1, 0.15) is 5.76 Å². The van der Waals surface area contributed by atoms with Gasteiger partial charge in [0.05, 0.1) is 5.92 Å². The molecule has 8 heteroatoms. The quantitative estimate of drug-likeness (QED) is 0.827. The Morgan fingerprint density at radius 2 is 2.45 bits per heavy atom. The van der Waals surface area contributed by atoms with E-state index in [4.69, 9.17) is 4.52 Å². The number of thioether (sulfide) groups is 1. The third kappa shape index (κ3) is 2.46. The summed E-state index contributed by atoms with van der Waals surface area (Å²) in [5, 5.41) is 7.06. The highest BCUT2D eigenvalue weighted by Gasteiger charge is 2.26. The maximum absolute atomic E-state index is 12.2. The average Bonchev–Trinajstić information content (AvgIpc) is 2.84. The van der Waals surface area contributed by atoms with E-state index >= 15 is 0 Å². The summed E-state index contributed by atoms with van der Waals surface area (Å²) in [5.74, 6) is 1.13. The average molecular weight is 292 g/mol. The molecule has 104 valence electrons. The topological polar surface area (TPSA) is 90.0 Å². The Morgan fingerprint density at radius 1 is 1.60 bits per heavy atom. The number of anilines is 1. The number of aryl methyl sites for hydroxylation is 1. The molecule has 1 aliphatic heterocycles. The summed E-state index contributed by atoms with van der Waals surface area (Å²) in [6.07, 6.45) is 1.49. The second kappa shape index (κ2) is 5.12. The first-order valence-corrected chi connectivity index (χ1v) is 7.05. The lowest BCUT2D eigenvalue weighted by atomic mass is 10.1. The van der Waals surface area contributed by atoms with Gasteiger partial charge in [0.15, 0.2) is 11.0 Å². The summed E-state index contributed by atoms with van der Waals surface area (Å²) in [7, 11) is 0. The molecule has 7 nitrogen and oxygen atoms in total. The van der Waals surface area contributed by atoms with Crippen molar-refractivity contribution >= 4 is 23.5 Å². The van der Waals surface area contributed by atoms with Crippen LogP contribution in [0.25, 0.3) is 0 Å². The first-order valence-electron chi connectivity index (χ1n) is 6.06. The second-order valence-corrected chi connectivity index (χ2v) is 5.48. The smallest absolute Gasteiger partial charge is 0.254 e. The summed E-state index contributed by atoms with van der Waals surface area (Å²) in [4.78, 5) is 28.0. The maximum atomic E-state index is 12.2. The molecule has 0 saturated carbocycles. The number of amides is 1. The highest BCUT2D eigenvalue weighted by molar-refractivity contribution is 7.99. The molecule has 0 fully saturated rings. The van der Waals surface area contributed by atoms with E-state index in [0.29, 0.717) is 29.0 Å². The van der Waals surface area contributed by atoms with Gasteiger partial charge in [-0.25, -0.2) is 4.98 Å². The number of aromatic nitrogens is 3. The van der Waals surface area contributed by atoms with Crippen molar-refractivity contribution in [3.05, 3.63) is 34.4 Å². The number of hydrogen-bond donors (Lipinski definition) is 1. The zero-order chi connectivity index (χ0) is 14.1. The Hall–Kier alpha value is -2.09. The third-order valence-corrected chi connectivity index (χ3v) is 4.12. The highest BCUT2D eigenvalue weighted by atomic mass is 32.2. The lowest BCUT2D eigenvalue weighted by Crippen LogP contribution is -2.36. The predicted molar refractivity (Wildman–Crippen MR) is 72.6 cm³/mol. The molecule has 0 bridgehead atoms. The SMILES string of the molecule is Cc1cc(NC(=O)C2CSc3nccc(=O)n3C2)no1. The number of fused-ring (bicyclic) bond motifs is 1. The van der Waals surface area contributed by atoms with Crippen molar-refractivity contribution in [3.8, 4) is 0 Å². The van der Waals surface area contributed by atoms with Gasteiger partial charge in [-0.15, -0.1) is 0 Å². The van der Waals surface area contributed by atoms with Crippen LogP contribution in [0.1, 0.15) is 5.76 Å². The van der Waals surface area contributed by atoms with Crippen LogP contribution in [0.15, 0.2) is 32.8 Å². The predicted octanol–water partition coefficient (Wildman–Crippen LogP) is 0.900. The molecule has 0 aromatic carbocycles. The van der Waals surface area contributed by atoms with Crippen molar-refractivity contribution in [2.24, 2.45) is 5.92 Å². The molecule has 3 rings (SSSR count). The fourth-order valence-corrected chi connectivity index (χ4v) is 3.03. The van der Waals surface area contributed by atoms with Crippen LogP contribution < -0.4 is 10.9 Å². The monoisotopic (exact) mass is 292 g/mol. The summed E-state index contributed by atoms with van der Waals surface area (Å²) >= 11 is 1.40. The fourth-order valence-electron chi connectivity index (χ4n) is 1.96. The Kier molecular flexibility index (Phi) is 3.31. The largest absolute Gasteiger partial charge is 0.360 e. The van der Waals surface area contributed by atoms with Gasteiger partial charge in [-0.2, -0.15) is 0 Å². The van der Waals surface area contributed by atoms with E-state index in [0.717, 1.165) is 0 Å². The van der Waals surface area contributed by atoms with Crippen molar-refractivity contribution in [2.75, 3.05) is 11.1 Å². The third-order valence-electron chi connectivity index (χ3n) is 2.97. The zero-order valence-electron chi connectivity index (χ0n) is 10.7. The summed E-state index contributed by atoms with van der Waals surface area (Å²) in [6, 6.07) is 3.04. The lowest BCUT2D eigenvalue weighted by molar-refractivity contribution is -0.119. The van der Waals surface area contributed by atoms with E-state index in [2.05, 4.69) is 15.5 Å². The Morgan fingerprint density at radius 3 is 3.20 bits per heavy atom. The van der Waals surface area contributed by atoms with Gasteiger partial charge in [0, 0.05) is 30.6 Å². The van der Waals surface area contributed by atoms with Crippen molar-refractivity contribution in [1.82, 2.24) is 14.7 Å². The molecule has 3 heterocycles. The number of nitrogens with one attached hydrogen (secondary N) is 1. The Balaban J connectivity index is 1.75. The highest BCUT2D eigenvalue weighted by Crippen LogP contribution is 2.25. The zero-order valence-corrected chi connectivity index (χ0v) is 11.5. The summed E-state index contributed by atoms with van der Waals surface area (Å²) in [6.45, 7) is 2.08. The number of rotatable bonds is 2. The molecule has 0 radical (unpaired) electrons. The van der Waals surface area contributed by atoms with E-state index in [1.807, 2.05) is 0 Å². The second-order valence-electron chi connectivity index (χ2n) is 4.50. The molecule has 20 heavy (non-hydrogen) atoms. The molecule has 1 atom stereocenters. The van der Waals surface area contributed by atoms with Crippen molar-refractivity contribution in [2.45, 2.75) is 18.6 Å². The van der Waals surface area contributed by atoms with Crippen LogP contribution in [0, 0.1) is 12.8 Å². The minimum atomic E-state index is -0.300. The van der Waals surface area contributed by atoms with E-state index in [-0.39, 0.29) is 17.4 Å². The standard InChI is InChI=1S/C12H12N4O3S/c1-7-4-9(15-19-7)14-11(18)8-5-16-10(17)2-3-13-12(16)20-6-8/h2-4,8H,5-6H2,1H3,(H,14,15,18). The van der Waals surface area contributed by atoms with Gasteiger partial charge in [0.2, 0.25) is 5.91 Å². The van der Waals surface area contributed by atoms with Crippen LogP contribution in [0.2, 0.25) is 0 Å². The molecular formula is C12H12N4O3S. The molecule has 1 amide bonds. The molecular weight excluding hydrogens is 280 g/mol. The molecule has 0 aliphatic carbocycles. The number of nitrogens with zero attached hydrogens (tertiary/aromatic N) is 3. The molecule has 0 spiro atoms. The lowest BCUT2D eigenvalue weighted by Gasteiger charge is -2.23. The van der Waals surface area contributed by atoms with Crippen LogP contribution in [0.3, 0.4) is 0 Å². The van der Waals surface area contributed by atoms with E-state index in [1.165, 1.54) is 28.6 Å². The van der Waals surface area contributed by atoms with Crippen LogP contribution in [0.4, 0.5) is 5.82 Å². The van der Waals surface area contributed by atoms with Crippen molar-refractivity contribution < 1.29 is 9.32 Å². The van der Waals surface area contributed by atoms with Crippen LogP contribution in [0.5, 0.6) is 0 Å². The van der Waals surface area contributed by atoms with Crippen LogP contribution in [-0.2, 0) is 11.3 Å². The van der Waals surface area contributed by atoms with Gasteiger partial charge in [-0.1, -0.05) is 16.9 Å². The number of carbonyl (C=O) groups is 1. The fraction of sp³-hybridized carbons (Fsp3) is 0.333. The van der Waals surface area contributed by atoms with Gasteiger partial charge in [-0.3, -0.25) is 14.2 Å². The summed E-state index contributed by atoms with van der Waals surface area (Å²) < 4.78 is 6.41. The normalized spacial score (nSPS) is 17.6. The molecule has 1 unspecified atom stereocenters. The van der Waals surface area contributed by atoms with Crippen LogP contribution in [-0.4, -0.2) is 26.4 Å². The molecule has 1 aliphatic rings. The first kappa shape index (κ1) is 12.9. The molecule has 2 aromatic heterocycles. The molecule has 1 N–H and O–H groups in total. The minimum Gasteiger partial charge on any atom is -0.360 e. The van der Waals surface area contributed by atoms with Gasteiger partial charge >= 0.3 is 0 Å². The maximum Gasteiger partial charge on any atom is 0.254 e. The number of carbonyl (C=O) groups excluding carboxylic acids is 1. The summed E-state index contributed by atoms with van der Waals surface area (Å²) in [5.41, 5.74) is -0.141. The van der Waals surface area contributed by atoms with E-state index in [9.17, 15) is 9.59 Å². The van der Waals surface area contributed by atoms with Crippen LogP contribution >= 0.6 is 11.8 Å². The number of hydrogen-bond acceptors (Lipinski definition) is 6. The van der Waals surface area contributed by atoms with E-state index in [1.54, 1.807) is 13.0 Å². The first-order chi connectivity index (χ1) is 9.63. The van der Waals surface area contributed by atoms with Crippen molar-refractivity contribution in [3.63, 3.8) is 0 Å². The Bertz CT molecular complexity index is 709. The minimum absolute atomic E-state index is 0.141. The molecule has 2 aromatic rings. The van der Waals surface area contributed by atoms with Gasteiger partial charge in [0.25, 0.3) is 5.56 Å². The van der Waals surface area contributed by atoms with Crippen molar-refractivity contribution in [1.29, 1.82) is 0 Å². The van der Waals surface area contributed by atoms with E-state index < -0.39 is 0 Å². The Labute approximate surface area is 118 Å².